The maximum Gasteiger partial charge on any atom is 0.183 e. The third-order valence-electron chi connectivity index (χ3n) is 5.43. The van der Waals surface area contributed by atoms with Crippen LogP contribution in [0.2, 0.25) is 0 Å². The second kappa shape index (κ2) is 5.77. The Bertz CT molecular complexity index is 1070. The van der Waals surface area contributed by atoms with Crippen LogP contribution in [-0.2, 0) is 23.4 Å². The van der Waals surface area contributed by atoms with Crippen molar-refractivity contribution in [1.29, 1.82) is 0 Å². The van der Waals surface area contributed by atoms with Gasteiger partial charge in [0.25, 0.3) is 0 Å². The lowest BCUT2D eigenvalue weighted by Gasteiger charge is -2.16. The number of hydrogen-bond donors (Lipinski definition) is 0. The summed E-state index contributed by atoms with van der Waals surface area (Å²) >= 11 is 1.68. The molecular weight excluding hydrogens is 366 g/mol. The molecule has 2 aromatic heterocycles. The van der Waals surface area contributed by atoms with Crippen molar-refractivity contribution in [3.63, 3.8) is 0 Å². The second-order valence-corrected chi connectivity index (χ2v) is 10.2. The SMILES string of the molecule is Cn1cc(CN2C[C@@H]3c4cc(-c5cccs5)ccc4S(=O)(=O)[C@H]3C2)cn1. The predicted octanol–water partition coefficient (Wildman–Crippen LogP) is 2.90. The van der Waals surface area contributed by atoms with Crippen LogP contribution in [0.1, 0.15) is 17.0 Å². The lowest BCUT2D eigenvalue weighted by Crippen LogP contribution is -2.25. The summed E-state index contributed by atoms with van der Waals surface area (Å²) < 4.78 is 27.8. The third-order valence-corrected chi connectivity index (χ3v) is 8.60. The van der Waals surface area contributed by atoms with Crippen LogP contribution in [-0.4, -0.2) is 41.4 Å². The van der Waals surface area contributed by atoms with Gasteiger partial charge in [0.05, 0.1) is 16.3 Å². The fourth-order valence-electron chi connectivity index (χ4n) is 4.26. The first-order chi connectivity index (χ1) is 12.5. The summed E-state index contributed by atoms with van der Waals surface area (Å²) in [6.45, 7) is 2.11. The summed E-state index contributed by atoms with van der Waals surface area (Å²) in [6.07, 6.45) is 3.84. The largest absolute Gasteiger partial charge is 0.297 e. The van der Waals surface area contributed by atoms with Crippen LogP contribution in [0.25, 0.3) is 10.4 Å². The number of hydrogen-bond acceptors (Lipinski definition) is 5. The van der Waals surface area contributed by atoms with Gasteiger partial charge < -0.3 is 0 Å². The fraction of sp³-hybridized carbons (Fsp3) is 0.316. The third kappa shape index (κ3) is 2.46. The Morgan fingerprint density at radius 3 is 2.88 bits per heavy atom. The number of fused-ring (bicyclic) bond motifs is 3. The van der Waals surface area contributed by atoms with Gasteiger partial charge >= 0.3 is 0 Å². The highest BCUT2D eigenvalue weighted by molar-refractivity contribution is 7.92. The van der Waals surface area contributed by atoms with E-state index in [0.717, 1.165) is 29.8 Å². The number of rotatable bonds is 3. The standard InChI is InChI=1S/C19H19N3O2S2/c1-21-9-13(8-20-21)10-22-11-16-15-7-14(17-3-2-6-25-17)4-5-18(15)26(23,24)19(16)12-22/h2-9,16,19H,10-12H2,1H3/t16-,19+/m1/s1. The molecule has 0 N–H and O–H groups in total. The molecule has 7 heteroatoms. The number of nitrogens with zero attached hydrogens (tertiary/aromatic N) is 3. The molecule has 0 spiro atoms. The van der Waals surface area contributed by atoms with E-state index in [1.165, 1.54) is 4.88 Å². The highest BCUT2D eigenvalue weighted by Crippen LogP contribution is 2.46. The van der Waals surface area contributed by atoms with Crippen LogP contribution in [0.4, 0.5) is 0 Å². The molecule has 4 heterocycles. The van der Waals surface area contributed by atoms with Crippen molar-refractivity contribution in [1.82, 2.24) is 14.7 Å². The summed E-state index contributed by atoms with van der Waals surface area (Å²) in [5.74, 6) is 0.0617. The van der Waals surface area contributed by atoms with E-state index >= 15 is 0 Å². The summed E-state index contributed by atoms with van der Waals surface area (Å²) in [5, 5.41) is 5.93. The van der Waals surface area contributed by atoms with E-state index in [9.17, 15) is 8.42 Å². The van der Waals surface area contributed by atoms with Gasteiger partial charge in [-0.2, -0.15) is 5.10 Å². The molecule has 5 nitrogen and oxygen atoms in total. The van der Waals surface area contributed by atoms with Crippen molar-refractivity contribution in [2.24, 2.45) is 7.05 Å². The van der Waals surface area contributed by atoms with E-state index in [1.54, 1.807) is 16.0 Å². The van der Waals surface area contributed by atoms with Crippen LogP contribution in [0.3, 0.4) is 0 Å². The average Bonchev–Trinajstić information content (AvgIpc) is 3.37. The van der Waals surface area contributed by atoms with Gasteiger partial charge in [0.1, 0.15) is 0 Å². The molecule has 1 fully saturated rings. The quantitative estimate of drug-likeness (QED) is 0.696. The molecule has 1 aromatic carbocycles. The zero-order valence-electron chi connectivity index (χ0n) is 14.4. The Morgan fingerprint density at radius 1 is 1.27 bits per heavy atom. The van der Waals surface area contributed by atoms with Gasteiger partial charge in [-0.1, -0.05) is 12.1 Å². The molecule has 0 unspecified atom stereocenters. The lowest BCUT2D eigenvalue weighted by atomic mass is 9.96. The van der Waals surface area contributed by atoms with Crippen molar-refractivity contribution in [2.45, 2.75) is 22.6 Å². The molecule has 2 aliphatic heterocycles. The van der Waals surface area contributed by atoms with Gasteiger partial charge in [-0.3, -0.25) is 9.58 Å². The summed E-state index contributed by atoms with van der Waals surface area (Å²) in [5.41, 5.74) is 3.23. The molecule has 2 atom stereocenters. The van der Waals surface area contributed by atoms with Gasteiger partial charge in [-0.25, -0.2) is 8.42 Å². The Kier molecular flexibility index (Phi) is 3.60. The first-order valence-corrected chi connectivity index (χ1v) is 11.1. The Hall–Kier alpha value is -1.96. The van der Waals surface area contributed by atoms with Crippen LogP contribution >= 0.6 is 11.3 Å². The number of benzene rings is 1. The zero-order valence-corrected chi connectivity index (χ0v) is 16.0. The van der Waals surface area contributed by atoms with Gasteiger partial charge in [0.2, 0.25) is 0 Å². The maximum absolute atomic E-state index is 13.0. The number of aryl methyl sites for hydroxylation is 1. The minimum Gasteiger partial charge on any atom is -0.297 e. The molecule has 134 valence electrons. The smallest absolute Gasteiger partial charge is 0.183 e. The maximum atomic E-state index is 13.0. The summed E-state index contributed by atoms with van der Waals surface area (Å²) in [4.78, 5) is 3.96. The average molecular weight is 386 g/mol. The van der Waals surface area contributed by atoms with Gasteiger partial charge in [0.15, 0.2) is 9.84 Å². The van der Waals surface area contributed by atoms with E-state index < -0.39 is 9.84 Å². The highest BCUT2D eigenvalue weighted by atomic mass is 32.2. The van der Waals surface area contributed by atoms with Crippen LogP contribution in [0.5, 0.6) is 0 Å². The van der Waals surface area contributed by atoms with E-state index in [-0.39, 0.29) is 11.2 Å². The zero-order chi connectivity index (χ0) is 17.9. The number of aromatic nitrogens is 2. The fourth-order valence-corrected chi connectivity index (χ4v) is 7.18. The molecule has 0 saturated carbocycles. The molecule has 0 amide bonds. The predicted molar refractivity (Wildman–Crippen MR) is 102 cm³/mol. The van der Waals surface area contributed by atoms with E-state index in [1.807, 2.05) is 43.0 Å². The van der Waals surface area contributed by atoms with Gasteiger partial charge in [-0.15, -0.1) is 11.3 Å². The lowest BCUT2D eigenvalue weighted by molar-refractivity contribution is 0.325. The monoisotopic (exact) mass is 385 g/mol. The molecule has 3 aromatic rings. The highest BCUT2D eigenvalue weighted by Gasteiger charge is 2.50. The first kappa shape index (κ1) is 16.2. The number of thiophene rings is 1. The van der Waals surface area contributed by atoms with Gasteiger partial charge in [-0.05, 0) is 34.7 Å². The molecule has 0 bridgehead atoms. The first-order valence-electron chi connectivity index (χ1n) is 8.64. The van der Waals surface area contributed by atoms with Crippen molar-refractivity contribution in [3.8, 4) is 10.4 Å². The Balaban J connectivity index is 1.48. The minimum atomic E-state index is -3.25. The summed E-state index contributed by atoms with van der Waals surface area (Å²) in [7, 11) is -1.35. The molecule has 0 aliphatic carbocycles. The second-order valence-electron chi connectivity index (χ2n) is 7.14. The van der Waals surface area contributed by atoms with Gasteiger partial charge in [0, 0.05) is 49.2 Å². The van der Waals surface area contributed by atoms with Crippen molar-refractivity contribution >= 4 is 21.2 Å². The number of sulfone groups is 1. The normalized spacial score (nSPS) is 23.9. The number of likely N-dealkylation sites (tertiary alicyclic amines) is 1. The van der Waals surface area contributed by atoms with Crippen LogP contribution < -0.4 is 0 Å². The molecular formula is C19H19N3O2S2. The van der Waals surface area contributed by atoms with Crippen molar-refractivity contribution < 1.29 is 8.42 Å². The molecule has 5 rings (SSSR count). The topological polar surface area (TPSA) is 55.2 Å². The van der Waals surface area contributed by atoms with Crippen LogP contribution in [0, 0.1) is 0 Å². The summed E-state index contributed by atoms with van der Waals surface area (Å²) in [6, 6.07) is 9.95. The Labute approximate surface area is 156 Å². The van der Waals surface area contributed by atoms with E-state index in [2.05, 4.69) is 22.1 Å². The van der Waals surface area contributed by atoms with Crippen molar-refractivity contribution in [3.05, 3.63) is 59.2 Å². The van der Waals surface area contributed by atoms with Crippen LogP contribution in [0.15, 0.2) is 53.0 Å². The van der Waals surface area contributed by atoms with Crippen molar-refractivity contribution in [2.75, 3.05) is 13.1 Å². The minimum absolute atomic E-state index is 0.0617. The molecule has 0 radical (unpaired) electrons. The Morgan fingerprint density at radius 2 is 2.15 bits per heavy atom. The molecule has 2 aliphatic rings. The van der Waals surface area contributed by atoms with E-state index in [0.29, 0.717) is 11.4 Å². The van der Waals surface area contributed by atoms with E-state index in [4.69, 9.17) is 0 Å². The molecule has 26 heavy (non-hydrogen) atoms. The molecule has 1 saturated heterocycles.